The van der Waals surface area contributed by atoms with Gasteiger partial charge < -0.3 is 16.4 Å². The van der Waals surface area contributed by atoms with Crippen molar-refractivity contribution < 1.29 is 0 Å². The van der Waals surface area contributed by atoms with E-state index in [2.05, 4.69) is 37.7 Å². The molecule has 156 valence electrons. The fourth-order valence-corrected chi connectivity index (χ4v) is 4.23. The predicted octanol–water partition coefficient (Wildman–Crippen LogP) is 3.45. The summed E-state index contributed by atoms with van der Waals surface area (Å²) in [5, 5.41) is 7.50. The van der Waals surface area contributed by atoms with Gasteiger partial charge in [-0.3, -0.25) is 0 Å². The first-order valence-corrected chi connectivity index (χ1v) is 10.4. The maximum Gasteiger partial charge on any atom is 0.355 e. The average Bonchev–Trinajstić information content (AvgIpc) is 2.75. The van der Waals surface area contributed by atoms with Crippen LogP contribution in [0.3, 0.4) is 0 Å². The molecule has 0 amide bonds. The Morgan fingerprint density at radius 3 is 2.71 bits per heavy atom. The molecule has 5 rings (SSSR count). The molecular formula is C21H17Cl2N7O. The van der Waals surface area contributed by atoms with Crippen LogP contribution in [0.15, 0.2) is 47.4 Å². The summed E-state index contributed by atoms with van der Waals surface area (Å²) in [5.74, 6) is 0.430. The number of nitrogens with one attached hydrogen (secondary N) is 2. The molecule has 0 saturated heterocycles. The van der Waals surface area contributed by atoms with Gasteiger partial charge in [0.15, 0.2) is 5.65 Å². The van der Waals surface area contributed by atoms with Gasteiger partial charge in [0, 0.05) is 18.4 Å². The maximum absolute atomic E-state index is 12.8. The van der Waals surface area contributed by atoms with Crippen LogP contribution in [0.4, 0.5) is 17.5 Å². The Kier molecular flexibility index (Phi) is 4.97. The molecular weight excluding hydrogens is 437 g/mol. The van der Waals surface area contributed by atoms with E-state index in [0.717, 1.165) is 25.2 Å². The van der Waals surface area contributed by atoms with Gasteiger partial charge in [-0.25, -0.2) is 14.3 Å². The number of aromatic nitrogens is 4. The number of fused-ring (bicyclic) bond motifs is 2. The van der Waals surface area contributed by atoms with Gasteiger partial charge in [0.25, 0.3) is 0 Å². The molecule has 3 heterocycles. The largest absolute Gasteiger partial charge is 0.384 e. The quantitative estimate of drug-likeness (QED) is 0.435. The van der Waals surface area contributed by atoms with Crippen molar-refractivity contribution in [3.63, 3.8) is 0 Å². The number of para-hydroxylation sites is 1. The molecule has 0 spiro atoms. The standard InChI is InChI=1S/C21H17Cl2N7O/c22-15-2-1-3-16(23)17(15)30-18(24)14-10-26-20(28-19(14)29-21(30)31)27-13-5-4-12-9-25-7-6-11(12)8-13/h1-5,8,10,25H,6-7,9,24H2,(H,27,28,29,31). The van der Waals surface area contributed by atoms with Crippen LogP contribution in [-0.2, 0) is 13.0 Å². The lowest BCUT2D eigenvalue weighted by molar-refractivity contribution is 0.644. The molecule has 4 aromatic rings. The van der Waals surface area contributed by atoms with E-state index < -0.39 is 5.69 Å². The molecule has 2 aromatic heterocycles. The van der Waals surface area contributed by atoms with Gasteiger partial charge in [0.2, 0.25) is 5.95 Å². The molecule has 10 heteroatoms. The lowest BCUT2D eigenvalue weighted by Crippen LogP contribution is -2.25. The second-order valence-corrected chi connectivity index (χ2v) is 7.97. The molecule has 1 aliphatic rings. The fourth-order valence-electron chi connectivity index (χ4n) is 3.67. The van der Waals surface area contributed by atoms with E-state index in [1.807, 2.05) is 6.07 Å². The maximum atomic E-state index is 12.8. The first-order valence-electron chi connectivity index (χ1n) is 9.60. The van der Waals surface area contributed by atoms with Crippen LogP contribution in [0.1, 0.15) is 11.1 Å². The smallest absolute Gasteiger partial charge is 0.355 e. The van der Waals surface area contributed by atoms with Crippen LogP contribution < -0.4 is 22.1 Å². The van der Waals surface area contributed by atoms with Crippen LogP contribution in [-0.4, -0.2) is 26.1 Å². The number of nitrogens with two attached hydrogens (primary N) is 1. The molecule has 0 unspecified atom stereocenters. The normalized spacial score (nSPS) is 13.2. The fraction of sp³-hybridized carbons (Fsp3) is 0.143. The highest BCUT2D eigenvalue weighted by Gasteiger charge is 2.17. The van der Waals surface area contributed by atoms with E-state index in [1.165, 1.54) is 21.9 Å². The molecule has 4 N–H and O–H groups in total. The van der Waals surface area contributed by atoms with E-state index in [0.29, 0.717) is 11.3 Å². The summed E-state index contributed by atoms with van der Waals surface area (Å²) in [6, 6.07) is 11.1. The minimum atomic E-state index is -0.633. The Labute approximate surface area is 187 Å². The lowest BCUT2D eigenvalue weighted by atomic mass is 10.0. The van der Waals surface area contributed by atoms with Crippen molar-refractivity contribution in [3.05, 3.63) is 74.3 Å². The zero-order valence-electron chi connectivity index (χ0n) is 16.2. The Morgan fingerprint density at radius 2 is 1.90 bits per heavy atom. The molecule has 31 heavy (non-hydrogen) atoms. The van der Waals surface area contributed by atoms with E-state index >= 15 is 0 Å². The first kappa shape index (κ1) is 19.7. The SMILES string of the molecule is Nc1c2cnc(Nc3ccc4c(c3)CCNC4)nc2nc(=O)n1-c1c(Cl)cccc1Cl. The van der Waals surface area contributed by atoms with Gasteiger partial charge >= 0.3 is 5.69 Å². The van der Waals surface area contributed by atoms with Gasteiger partial charge in [-0.05, 0) is 48.4 Å². The Balaban J connectivity index is 1.55. The summed E-state index contributed by atoms with van der Waals surface area (Å²) in [6.45, 7) is 1.82. The molecule has 0 saturated carbocycles. The van der Waals surface area contributed by atoms with Crippen molar-refractivity contribution in [1.29, 1.82) is 0 Å². The number of hydrogen-bond acceptors (Lipinski definition) is 7. The molecule has 0 fully saturated rings. The third-order valence-electron chi connectivity index (χ3n) is 5.19. The number of hydrogen-bond donors (Lipinski definition) is 3. The van der Waals surface area contributed by atoms with Crippen molar-refractivity contribution in [2.75, 3.05) is 17.6 Å². The van der Waals surface area contributed by atoms with Gasteiger partial charge in [-0.15, -0.1) is 0 Å². The van der Waals surface area contributed by atoms with Gasteiger partial charge in [0.1, 0.15) is 5.82 Å². The Morgan fingerprint density at radius 1 is 1.10 bits per heavy atom. The van der Waals surface area contributed by atoms with Crippen LogP contribution >= 0.6 is 23.2 Å². The van der Waals surface area contributed by atoms with Crippen molar-refractivity contribution in [2.24, 2.45) is 0 Å². The zero-order valence-corrected chi connectivity index (χ0v) is 17.7. The minimum absolute atomic E-state index is 0.109. The van der Waals surface area contributed by atoms with Crippen molar-refractivity contribution in [1.82, 2.24) is 24.8 Å². The molecule has 8 nitrogen and oxygen atoms in total. The van der Waals surface area contributed by atoms with Crippen LogP contribution in [0.2, 0.25) is 10.0 Å². The molecule has 2 aromatic carbocycles. The summed E-state index contributed by atoms with van der Waals surface area (Å²) in [5.41, 5.74) is 9.52. The minimum Gasteiger partial charge on any atom is -0.384 e. The third kappa shape index (κ3) is 3.59. The number of benzene rings is 2. The van der Waals surface area contributed by atoms with E-state index in [4.69, 9.17) is 28.9 Å². The van der Waals surface area contributed by atoms with Gasteiger partial charge in [-0.2, -0.15) is 9.97 Å². The zero-order chi connectivity index (χ0) is 21.5. The highest BCUT2D eigenvalue weighted by molar-refractivity contribution is 6.37. The lowest BCUT2D eigenvalue weighted by Gasteiger charge is -2.18. The first-order chi connectivity index (χ1) is 15.0. The number of halogens is 2. The predicted molar refractivity (Wildman–Crippen MR) is 122 cm³/mol. The number of nitrogens with zero attached hydrogens (tertiary/aromatic N) is 4. The van der Waals surface area contributed by atoms with Crippen LogP contribution in [0.25, 0.3) is 16.7 Å². The highest BCUT2D eigenvalue weighted by atomic mass is 35.5. The second-order valence-electron chi connectivity index (χ2n) is 7.15. The number of rotatable bonds is 3. The molecule has 1 aliphatic heterocycles. The third-order valence-corrected chi connectivity index (χ3v) is 5.80. The summed E-state index contributed by atoms with van der Waals surface area (Å²) < 4.78 is 1.17. The molecule has 0 atom stereocenters. The average molecular weight is 454 g/mol. The molecule has 0 aliphatic carbocycles. The topological polar surface area (TPSA) is 111 Å². The van der Waals surface area contributed by atoms with E-state index in [9.17, 15) is 4.79 Å². The van der Waals surface area contributed by atoms with E-state index in [-0.39, 0.29) is 27.2 Å². The second kappa shape index (κ2) is 7.81. The summed E-state index contributed by atoms with van der Waals surface area (Å²) in [7, 11) is 0. The summed E-state index contributed by atoms with van der Waals surface area (Å²) in [6.07, 6.45) is 2.49. The molecule has 0 radical (unpaired) electrons. The Hall–Kier alpha value is -3.20. The van der Waals surface area contributed by atoms with Gasteiger partial charge in [-0.1, -0.05) is 35.3 Å². The van der Waals surface area contributed by atoms with Crippen molar-refractivity contribution >= 4 is 51.7 Å². The monoisotopic (exact) mass is 453 g/mol. The van der Waals surface area contributed by atoms with Crippen LogP contribution in [0, 0.1) is 0 Å². The number of nitrogen functional groups attached to an aromatic ring is 1. The van der Waals surface area contributed by atoms with E-state index in [1.54, 1.807) is 18.2 Å². The highest BCUT2D eigenvalue weighted by Crippen LogP contribution is 2.30. The Bertz CT molecular complexity index is 1370. The van der Waals surface area contributed by atoms with Crippen molar-refractivity contribution in [3.8, 4) is 5.69 Å². The number of anilines is 3. The summed E-state index contributed by atoms with van der Waals surface area (Å²) >= 11 is 12.5. The van der Waals surface area contributed by atoms with Crippen LogP contribution in [0.5, 0.6) is 0 Å². The summed E-state index contributed by atoms with van der Waals surface area (Å²) in [4.78, 5) is 25.6. The van der Waals surface area contributed by atoms with Gasteiger partial charge in [0.05, 0.1) is 21.1 Å². The van der Waals surface area contributed by atoms with Crippen molar-refractivity contribution in [2.45, 2.75) is 13.0 Å². The molecule has 0 bridgehead atoms.